The number of benzene rings is 1. The Morgan fingerprint density at radius 2 is 1.82 bits per heavy atom. The van der Waals surface area contributed by atoms with E-state index in [1.165, 1.54) is 14.7 Å². The molecule has 28 heavy (non-hydrogen) atoms. The summed E-state index contributed by atoms with van der Waals surface area (Å²) in [6.07, 6.45) is 3.30. The summed E-state index contributed by atoms with van der Waals surface area (Å²) in [6.45, 7) is 6.45. The Labute approximate surface area is 161 Å². The highest BCUT2D eigenvalue weighted by Gasteiger charge is 2.24. The average molecular weight is 380 g/mol. The molecule has 1 aromatic carbocycles. The molecule has 3 heterocycles. The van der Waals surface area contributed by atoms with Crippen molar-refractivity contribution in [2.45, 2.75) is 45.6 Å². The Morgan fingerprint density at radius 3 is 2.50 bits per heavy atom. The van der Waals surface area contributed by atoms with E-state index in [0.29, 0.717) is 30.0 Å². The molecule has 0 aliphatic heterocycles. The molecule has 3 aromatic heterocycles. The van der Waals surface area contributed by atoms with Crippen molar-refractivity contribution in [3.05, 3.63) is 68.7 Å². The monoisotopic (exact) mass is 380 g/mol. The van der Waals surface area contributed by atoms with Crippen molar-refractivity contribution in [2.75, 3.05) is 0 Å². The van der Waals surface area contributed by atoms with Crippen LogP contribution in [-0.2, 0) is 25.4 Å². The van der Waals surface area contributed by atoms with Crippen LogP contribution in [0.15, 0.2) is 50.5 Å². The van der Waals surface area contributed by atoms with Gasteiger partial charge in [-0.15, -0.1) is 0 Å². The summed E-state index contributed by atoms with van der Waals surface area (Å²) < 4.78 is 10.2. The Kier molecular flexibility index (Phi) is 4.25. The molecule has 0 saturated carbocycles. The van der Waals surface area contributed by atoms with E-state index in [9.17, 15) is 9.59 Å². The van der Waals surface area contributed by atoms with Gasteiger partial charge in [-0.05, 0) is 18.4 Å². The van der Waals surface area contributed by atoms with Crippen LogP contribution in [0.4, 0.5) is 0 Å². The normalized spacial score (nSPS) is 12.3. The first kappa shape index (κ1) is 18.3. The summed E-state index contributed by atoms with van der Waals surface area (Å²) in [6, 6.07) is 10.0. The number of hydrogen-bond donors (Lipinski definition) is 0. The third-order valence-corrected chi connectivity index (χ3v) is 5.02. The predicted molar refractivity (Wildman–Crippen MR) is 108 cm³/mol. The van der Waals surface area contributed by atoms with E-state index in [1.807, 2.05) is 51.1 Å². The highest BCUT2D eigenvalue weighted by molar-refractivity contribution is 5.74. The molecule has 146 valence electrons. The summed E-state index contributed by atoms with van der Waals surface area (Å²) in [5, 5.41) is 0. The fraction of sp³-hybridized carbons (Fsp3) is 0.381. The van der Waals surface area contributed by atoms with Crippen LogP contribution in [0.2, 0.25) is 0 Å². The minimum atomic E-state index is -0.359. The van der Waals surface area contributed by atoms with E-state index in [2.05, 4.69) is 4.98 Å². The molecule has 0 aliphatic rings. The number of aromatic nitrogens is 4. The number of fused-ring (bicyclic) bond motifs is 3. The van der Waals surface area contributed by atoms with Gasteiger partial charge in [0.1, 0.15) is 5.76 Å². The van der Waals surface area contributed by atoms with Crippen LogP contribution in [0, 0.1) is 0 Å². The van der Waals surface area contributed by atoms with Crippen LogP contribution in [0.1, 0.15) is 38.5 Å². The van der Waals surface area contributed by atoms with Gasteiger partial charge in [0.15, 0.2) is 11.2 Å². The van der Waals surface area contributed by atoms with Crippen molar-refractivity contribution < 1.29 is 4.42 Å². The first-order chi connectivity index (χ1) is 13.3. The van der Waals surface area contributed by atoms with Crippen LogP contribution in [-0.4, -0.2) is 18.5 Å². The van der Waals surface area contributed by atoms with Crippen molar-refractivity contribution in [1.82, 2.24) is 18.5 Å². The van der Waals surface area contributed by atoms with E-state index in [-0.39, 0.29) is 16.7 Å². The molecule has 7 heteroatoms. The number of nitrogens with zero attached hydrogens (tertiary/aromatic N) is 4. The Hall–Kier alpha value is -3.09. The van der Waals surface area contributed by atoms with Crippen molar-refractivity contribution in [1.29, 1.82) is 0 Å². The number of imidazole rings is 1. The van der Waals surface area contributed by atoms with E-state index < -0.39 is 0 Å². The molecule has 0 radical (unpaired) electrons. The van der Waals surface area contributed by atoms with Gasteiger partial charge in [-0.1, -0.05) is 51.1 Å². The minimum Gasteiger partial charge on any atom is -0.428 e. The smallest absolute Gasteiger partial charge is 0.332 e. The van der Waals surface area contributed by atoms with Gasteiger partial charge >= 0.3 is 11.5 Å². The summed E-state index contributed by atoms with van der Waals surface area (Å²) >= 11 is 0. The first-order valence-corrected chi connectivity index (χ1v) is 9.43. The zero-order valence-corrected chi connectivity index (χ0v) is 16.6. The zero-order valence-electron chi connectivity index (χ0n) is 16.6. The van der Waals surface area contributed by atoms with Crippen LogP contribution >= 0.6 is 0 Å². The molecule has 7 nitrogen and oxygen atoms in total. The number of hydrogen-bond acceptors (Lipinski definition) is 4. The maximum atomic E-state index is 13.1. The number of aryl methyl sites for hydroxylation is 2. The second kappa shape index (κ2) is 6.51. The maximum absolute atomic E-state index is 13.1. The van der Waals surface area contributed by atoms with Gasteiger partial charge in [0.25, 0.3) is 5.56 Å². The molecule has 0 atom stereocenters. The number of rotatable bonds is 4. The van der Waals surface area contributed by atoms with E-state index in [1.54, 1.807) is 17.6 Å². The lowest BCUT2D eigenvalue weighted by Crippen LogP contribution is -2.39. The molecule has 0 N–H and O–H groups in total. The summed E-state index contributed by atoms with van der Waals surface area (Å²) in [7, 11) is 1.63. The summed E-state index contributed by atoms with van der Waals surface area (Å²) in [5.41, 5.74) is 0.999. The molecule has 0 amide bonds. The van der Waals surface area contributed by atoms with Crippen molar-refractivity contribution in [2.24, 2.45) is 7.05 Å². The van der Waals surface area contributed by atoms with E-state index >= 15 is 0 Å². The van der Waals surface area contributed by atoms with Crippen LogP contribution in [0.3, 0.4) is 0 Å². The molecule has 0 unspecified atom stereocenters. The van der Waals surface area contributed by atoms with Gasteiger partial charge < -0.3 is 4.42 Å². The van der Waals surface area contributed by atoms with Gasteiger partial charge in [0, 0.05) is 19.0 Å². The van der Waals surface area contributed by atoms with Gasteiger partial charge in [-0.2, -0.15) is 4.98 Å². The first-order valence-electron chi connectivity index (χ1n) is 9.43. The molecular weight excluding hydrogens is 356 g/mol. The minimum absolute atomic E-state index is 0.206. The van der Waals surface area contributed by atoms with Crippen LogP contribution in [0.5, 0.6) is 0 Å². The third kappa shape index (κ3) is 2.96. The molecule has 0 spiro atoms. The molecule has 4 aromatic rings. The van der Waals surface area contributed by atoms with Gasteiger partial charge in [0.05, 0.1) is 6.20 Å². The lowest BCUT2D eigenvalue weighted by atomic mass is 9.94. The van der Waals surface area contributed by atoms with Gasteiger partial charge in [-0.3, -0.25) is 18.3 Å². The average Bonchev–Trinajstić information content (AvgIpc) is 3.21. The highest BCUT2D eigenvalue weighted by atomic mass is 16.4. The fourth-order valence-corrected chi connectivity index (χ4v) is 3.38. The highest BCUT2D eigenvalue weighted by Crippen LogP contribution is 2.26. The van der Waals surface area contributed by atoms with Gasteiger partial charge in [0.2, 0.25) is 0 Å². The molecule has 0 saturated heterocycles. The second-order valence-corrected chi connectivity index (χ2v) is 8.17. The topological polar surface area (TPSA) is 74.4 Å². The molecule has 0 aliphatic carbocycles. The molecule has 0 fully saturated rings. The standard InChI is InChI=1S/C21H24N4O3/c1-21(2,3)15-13-25-16-17(22-19(25)28-15)23(4)20(27)24(18(16)26)12-8-11-14-9-6-5-7-10-14/h5-7,9-10,13H,8,11-12H2,1-4H3. The third-order valence-electron chi connectivity index (χ3n) is 5.02. The quantitative estimate of drug-likeness (QED) is 0.546. The van der Waals surface area contributed by atoms with Crippen molar-refractivity contribution in [3.8, 4) is 0 Å². The lowest BCUT2D eigenvalue weighted by Gasteiger charge is -2.13. The predicted octanol–water partition coefficient (Wildman–Crippen LogP) is 2.87. The van der Waals surface area contributed by atoms with Gasteiger partial charge in [-0.25, -0.2) is 4.79 Å². The van der Waals surface area contributed by atoms with Crippen LogP contribution in [0.25, 0.3) is 17.0 Å². The Balaban J connectivity index is 1.78. The summed E-state index contributed by atoms with van der Waals surface area (Å²) in [5.74, 6) is 1.06. The summed E-state index contributed by atoms with van der Waals surface area (Å²) in [4.78, 5) is 30.2. The zero-order chi connectivity index (χ0) is 20.1. The largest absolute Gasteiger partial charge is 0.428 e. The number of oxazole rings is 1. The second-order valence-electron chi connectivity index (χ2n) is 8.17. The van der Waals surface area contributed by atoms with E-state index in [0.717, 1.165) is 12.2 Å². The Morgan fingerprint density at radius 1 is 1.11 bits per heavy atom. The molecule has 4 rings (SSSR count). The van der Waals surface area contributed by atoms with Crippen molar-refractivity contribution >= 4 is 17.0 Å². The maximum Gasteiger partial charge on any atom is 0.332 e. The lowest BCUT2D eigenvalue weighted by molar-refractivity contribution is 0.425. The Bertz CT molecular complexity index is 1270. The molecular formula is C21H24N4O3. The van der Waals surface area contributed by atoms with Crippen LogP contribution < -0.4 is 11.2 Å². The SMILES string of the molecule is Cn1c(=O)n(CCCc2ccccc2)c(=O)c2c1nc1oc(C(C)(C)C)cn12. The van der Waals surface area contributed by atoms with Crippen molar-refractivity contribution in [3.63, 3.8) is 0 Å². The van der Waals surface area contributed by atoms with E-state index in [4.69, 9.17) is 4.42 Å². The molecule has 0 bridgehead atoms. The fourth-order valence-electron chi connectivity index (χ4n) is 3.38.